The molecule has 3 fully saturated rings. The first-order valence-corrected chi connectivity index (χ1v) is 14.0. The standard InChI is InChI=1S/C30H48O4/c1-19(8-7-9-20(2)28(32)33-6)25-12-13-26-24-11-10-22-18-23(34-21(3)31)14-16-29(22,4)27(24)15-17-30(25,26)5/h10,19-20,23-27H,7-9,11-18H2,1-6H3/t19-,20-,23+,24+,25-,26+,27+,29+,30-/m1/s1. The van der Waals surface area contributed by atoms with E-state index in [4.69, 9.17) is 9.47 Å². The molecule has 0 aliphatic heterocycles. The Labute approximate surface area is 207 Å². The SMILES string of the molecule is COC(=O)[C@H](C)CCC[C@@H](C)[C@H]1CC[C@H]2[C@@H]3CC=C4C[C@@H](OC(C)=O)CC[C@]4(C)[C@H]3CC[C@]12C. The molecule has 0 heterocycles. The van der Waals surface area contributed by atoms with Crippen LogP contribution in [0.15, 0.2) is 11.6 Å². The predicted octanol–water partition coefficient (Wildman–Crippen LogP) is 7.11. The van der Waals surface area contributed by atoms with Gasteiger partial charge in [0.05, 0.1) is 13.0 Å². The van der Waals surface area contributed by atoms with Gasteiger partial charge >= 0.3 is 11.9 Å². The number of hydrogen-bond acceptors (Lipinski definition) is 4. The third-order valence-corrected chi connectivity index (χ3v) is 11.1. The fourth-order valence-corrected chi connectivity index (χ4v) is 9.20. The molecule has 0 aromatic carbocycles. The number of allylic oxidation sites excluding steroid dienone is 1. The van der Waals surface area contributed by atoms with Crippen LogP contribution in [-0.2, 0) is 19.1 Å². The summed E-state index contributed by atoms with van der Waals surface area (Å²) < 4.78 is 10.5. The summed E-state index contributed by atoms with van der Waals surface area (Å²) in [4.78, 5) is 23.3. The number of ether oxygens (including phenoxy) is 2. The second kappa shape index (κ2) is 9.97. The van der Waals surface area contributed by atoms with Crippen molar-refractivity contribution in [3.63, 3.8) is 0 Å². The normalized spacial score (nSPS) is 40.8. The highest BCUT2D eigenvalue weighted by atomic mass is 16.5. The Morgan fingerprint density at radius 1 is 1.06 bits per heavy atom. The van der Waals surface area contributed by atoms with Crippen molar-refractivity contribution in [1.82, 2.24) is 0 Å². The second-order valence-corrected chi connectivity index (χ2v) is 12.8. The number of carbonyl (C=O) groups excluding carboxylic acids is 2. The van der Waals surface area contributed by atoms with Crippen molar-refractivity contribution < 1.29 is 19.1 Å². The average molecular weight is 473 g/mol. The molecule has 0 saturated heterocycles. The van der Waals surface area contributed by atoms with E-state index in [9.17, 15) is 9.59 Å². The van der Waals surface area contributed by atoms with E-state index < -0.39 is 0 Å². The third-order valence-electron chi connectivity index (χ3n) is 11.1. The Morgan fingerprint density at radius 3 is 2.53 bits per heavy atom. The van der Waals surface area contributed by atoms with Crippen molar-refractivity contribution in [2.24, 2.45) is 46.3 Å². The van der Waals surface area contributed by atoms with Crippen molar-refractivity contribution in [1.29, 1.82) is 0 Å². The van der Waals surface area contributed by atoms with Crippen LogP contribution in [0.3, 0.4) is 0 Å². The maximum Gasteiger partial charge on any atom is 0.308 e. The number of rotatable bonds is 7. The van der Waals surface area contributed by atoms with E-state index in [1.807, 2.05) is 6.92 Å². The summed E-state index contributed by atoms with van der Waals surface area (Å²) in [6.07, 6.45) is 15.8. The van der Waals surface area contributed by atoms with Gasteiger partial charge in [0.25, 0.3) is 0 Å². The van der Waals surface area contributed by atoms with Crippen LogP contribution in [0.4, 0.5) is 0 Å². The minimum Gasteiger partial charge on any atom is -0.469 e. The molecule has 0 N–H and O–H groups in total. The van der Waals surface area contributed by atoms with Crippen LogP contribution in [0.5, 0.6) is 0 Å². The Morgan fingerprint density at radius 2 is 1.82 bits per heavy atom. The largest absolute Gasteiger partial charge is 0.469 e. The Kier molecular flexibility index (Phi) is 7.56. The first-order chi connectivity index (χ1) is 16.1. The number of carbonyl (C=O) groups is 2. The van der Waals surface area contributed by atoms with Crippen LogP contribution in [0, 0.1) is 46.3 Å². The Bertz CT molecular complexity index is 802. The van der Waals surface area contributed by atoms with Gasteiger partial charge in [-0.3, -0.25) is 9.59 Å². The zero-order chi connectivity index (χ0) is 24.7. The lowest BCUT2D eigenvalue weighted by Gasteiger charge is -2.58. The molecule has 34 heavy (non-hydrogen) atoms. The van der Waals surface area contributed by atoms with Gasteiger partial charge in [-0.05, 0) is 91.8 Å². The van der Waals surface area contributed by atoms with Crippen LogP contribution in [-0.4, -0.2) is 25.2 Å². The number of esters is 2. The lowest BCUT2D eigenvalue weighted by Crippen LogP contribution is -2.51. The van der Waals surface area contributed by atoms with Crippen LogP contribution in [0.25, 0.3) is 0 Å². The monoisotopic (exact) mass is 472 g/mol. The molecule has 0 bridgehead atoms. The van der Waals surface area contributed by atoms with Gasteiger partial charge in [0.15, 0.2) is 0 Å². The lowest BCUT2D eigenvalue weighted by atomic mass is 9.47. The molecule has 9 atom stereocenters. The summed E-state index contributed by atoms with van der Waals surface area (Å²) >= 11 is 0. The molecule has 4 heteroatoms. The smallest absolute Gasteiger partial charge is 0.308 e. The number of methoxy groups -OCH3 is 1. The van der Waals surface area contributed by atoms with Crippen molar-refractivity contribution >= 4 is 11.9 Å². The molecule has 0 spiro atoms. The van der Waals surface area contributed by atoms with E-state index in [1.165, 1.54) is 59.0 Å². The highest BCUT2D eigenvalue weighted by Gasteiger charge is 2.59. The second-order valence-electron chi connectivity index (χ2n) is 12.8. The summed E-state index contributed by atoms with van der Waals surface area (Å²) in [5.74, 6) is 3.79. The molecular formula is C30H48O4. The molecule has 4 aliphatic rings. The van der Waals surface area contributed by atoms with E-state index in [2.05, 4.69) is 26.8 Å². The molecule has 0 radical (unpaired) electrons. The molecule has 4 aliphatic carbocycles. The van der Waals surface area contributed by atoms with Gasteiger partial charge in [0, 0.05) is 13.3 Å². The quantitative estimate of drug-likeness (QED) is 0.292. The van der Waals surface area contributed by atoms with Gasteiger partial charge in [0.1, 0.15) is 6.10 Å². The lowest BCUT2D eigenvalue weighted by molar-refractivity contribution is -0.149. The molecule has 0 aromatic rings. The maximum atomic E-state index is 11.8. The van der Waals surface area contributed by atoms with Gasteiger partial charge in [0.2, 0.25) is 0 Å². The van der Waals surface area contributed by atoms with Gasteiger partial charge in [-0.2, -0.15) is 0 Å². The molecular weight excluding hydrogens is 424 g/mol. The van der Waals surface area contributed by atoms with E-state index in [-0.39, 0.29) is 24.0 Å². The first kappa shape index (κ1) is 25.8. The zero-order valence-electron chi connectivity index (χ0n) is 22.5. The van der Waals surface area contributed by atoms with Gasteiger partial charge in [-0.15, -0.1) is 0 Å². The maximum absolute atomic E-state index is 11.8. The fourth-order valence-electron chi connectivity index (χ4n) is 9.20. The van der Waals surface area contributed by atoms with Crippen LogP contribution < -0.4 is 0 Å². The number of hydrogen-bond donors (Lipinski definition) is 0. The molecule has 3 saturated carbocycles. The van der Waals surface area contributed by atoms with Crippen molar-refractivity contribution in [2.75, 3.05) is 7.11 Å². The van der Waals surface area contributed by atoms with E-state index in [1.54, 1.807) is 5.57 Å². The zero-order valence-corrected chi connectivity index (χ0v) is 22.5. The summed E-state index contributed by atoms with van der Waals surface area (Å²) in [5.41, 5.74) is 2.34. The minimum absolute atomic E-state index is 0.0134. The van der Waals surface area contributed by atoms with Crippen molar-refractivity contribution in [3.8, 4) is 0 Å². The van der Waals surface area contributed by atoms with Crippen molar-refractivity contribution in [2.45, 2.75) is 111 Å². The summed E-state index contributed by atoms with van der Waals surface area (Å²) in [6, 6.07) is 0. The summed E-state index contributed by atoms with van der Waals surface area (Å²) in [6.45, 7) is 11.2. The fraction of sp³-hybridized carbons (Fsp3) is 0.867. The van der Waals surface area contributed by atoms with Gasteiger partial charge in [-0.1, -0.05) is 52.2 Å². The van der Waals surface area contributed by atoms with E-state index in [0.717, 1.165) is 55.3 Å². The molecule has 4 rings (SSSR count). The van der Waals surface area contributed by atoms with Gasteiger partial charge < -0.3 is 9.47 Å². The predicted molar refractivity (Wildman–Crippen MR) is 135 cm³/mol. The topological polar surface area (TPSA) is 52.6 Å². The summed E-state index contributed by atoms with van der Waals surface area (Å²) in [7, 11) is 1.49. The average Bonchev–Trinajstić information content (AvgIpc) is 3.15. The molecule has 192 valence electrons. The van der Waals surface area contributed by atoms with Crippen molar-refractivity contribution in [3.05, 3.63) is 11.6 Å². The third kappa shape index (κ3) is 4.60. The highest BCUT2D eigenvalue weighted by molar-refractivity contribution is 5.71. The Hall–Kier alpha value is -1.32. The van der Waals surface area contributed by atoms with Crippen LogP contribution >= 0.6 is 0 Å². The molecule has 0 unspecified atom stereocenters. The minimum atomic E-state index is -0.137. The molecule has 4 nitrogen and oxygen atoms in total. The van der Waals surface area contributed by atoms with E-state index in [0.29, 0.717) is 10.8 Å². The Balaban J connectivity index is 1.41. The van der Waals surface area contributed by atoms with Crippen LogP contribution in [0.2, 0.25) is 0 Å². The van der Waals surface area contributed by atoms with Gasteiger partial charge in [-0.25, -0.2) is 0 Å². The number of fused-ring (bicyclic) bond motifs is 5. The highest BCUT2D eigenvalue weighted by Crippen LogP contribution is 2.67. The molecule has 0 amide bonds. The summed E-state index contributed by atoms with van der Waals surface area (Å²) in [5, 5.41) is 0. The molecule has 0 aromatic heterocycles. The first-order valence-electron chi connectivity index (χ1n) is 14.0. The van der Waals surface area contributed by atoms with E-state index >= 15 is 0 Å². The van der Waals surface area contributed by atoms with Crippen LogP contribution in [0.1, 0.15) is 105 Å².